The van der Waals surface area contributed by atoms with Crippen LogP contribution in [0, 0.1) is 19.3 Å². The Hall–Kier alpha value is -2.43. The van der Waals surface area contributed by atoms with Crippen LogP contribution in [0.3, 0.4) is 0 Å². The standard InChI is InChI=1S/C26H31Cl2N5O4/c1-15-21(16(2)37-32-15)23-22(28)25(33-13-26(14-33)6-8-35-9-7-26)31-24(30-23)19-10-18(4-5-20(19)27)36-12-17(34)11-29-3/h4-5,10,17,29,34H,6-9,11-14H2,1-3H3. The number of anilines is 1. The number of benzene rings is 1. The Bertz CT molecular complexity index is 1250. The second kappa shape index (κ2) is 10.7. The molecular formula is C26H31Cl2N5O4. The molecular weight excluding hydrogens is 517 g/mol. The van der Waals surface area contributed by atoms with E-state index in [9.17, 15) is 5.11 Å². The molecule has 37 heavy (non-hydrogen) atoms. The first-order valence-corrected chi connectivity index (χ1v) is 13.1. The number of aliphatic hydroxyl groups excluding tert-OH is 1. The number of hydrogen-bond donors (Lipinski definition) is 2. The van der Waals surface area contributed by atoms with Crippen LogP contribution in [0.15, 0.2) is 22.7 Å². The van der Waals surface area contributed by atoms with Crippen molar-refractivity contribution in [3.05, 3.63) is 39.7 Å². The van der Waals surface area contributed by atoms with Gasteiger partial charge in [0.05, 0.1) is 16.3 Å². The second-order valence-electron chi connectivity index (χ2n) is 9.87. The molecule has 11 heteroatoms. The van der Waals surface area contributed by atoms with Crippen molar-refractivity contribution >= 4 is 29.0 Å². The molecule has 3 aromatic rings. The van der Waals surface area contributed by atoms with Crippen molar-refractivity contribution in [1.82, 2.24) is 20.4 Å². The van der Waals surface area contributed by atoms with Crippen LogP contribution in [-0.4, -0.2) is 72.8 Å². The highest BCUT2D eigenvalue weighted by molar-refractivity contribution is 6.36. The third-order valence-corrected chi connectivity index (χ3v) is 7.75. The monoisotopic (exact) mass is 547 g/mol. The Morgan fingerprint density at radius 3 is 2.62 bits per heavy atom. The number of aromatic nitrogens is 3. The topological polar surface area (TPSA) is 106 Å². The van der Waals surface area contributed by atoms with Crippen LogP contribution in [-0.2, 0) is 4.74 Å². The summed E-state index contributed by atoms with van der Waals surface area (Å²) in [5.74, 6) is 2.26. The molecule has 1 atom stereocenters. The van der Waals surface area contributed by atoms with Crippen LogP contribution < -0.4 is 15.0 Å². The van der Waals surface area contributed by atoms with Crippen LogP contribution in [0.2, 0.25) is 10.0 Å². The molecule has 2 N–H and O–H groups in total. The summed E-state index contributed by atoms with van der Waals surface area (Å²) in [6.45, 7) is 7.54. The van der Waals surface area contributed by atoms with Gasteiger partial charge in [-0.3, -0.25) is 0 Å². The number of nitrogens with one attached hydrogen (secondary N) is 1. The van der Waals surface area contributed by atoms with Gasteiger partial charge < -0.3 is 29.3 Å². The average molecular weight is 548 g/mol. The van der Waals surface area contributed by atoms with Gasteiger partial charge in [0, 0.05) is 43.8 Å². The molecule has 0 saturated carbocycles. The molecule has 198 valence electrons. The van der Waals surface area contributed by atoms with Crippen molar-refractivity contribution < 1.29 is 19.1 Å². The van der Waals surface area contributed by atoms with Gasteiger partial charge in [0.2, 0.25) is 0 Å². The molecule has 1 unspecified atom stereocenters. The van der Waals surface area contributed by atoms with Crippen LogP contribution in [0.5, 0.6) is 5.75 Å². The van der Waals surface area contributed by atoms with Crippen LogP contribution >= 0.6 is 23.2 Å². The third kappa shape index (κ3) is 5.28. The zero-order valence-corrected chi connectivity index (χ0v) is 22.7. The van der Waals surface area contributed by atoms with Gasteiger partial charge in [-0.25, -0.2) is 9.97 Å². The summed E-state index contributed by atoms with van der Waals surface area (Å²) < 4.78 is 16.8. The molecule has 2 aliphatic heterocycles. The van der Waals surface area contributed by atoms with Crippen molar-refractivity contribution in [1.29, 1.82) is 0 Å². The lowest BCUT2D eigenvalue weighted by atomic mass is 9.73. The minimum absolute atomic E-state index is 0.137. The summed E-state index contributed by atoms with van der Waals surface area (Å²) in [6, 6.07) is 5.29. The van der Waals surface area contributed by atoms with Crippen LogP contribution in [0.1, 0.15) is 24.3 Å². The third-order valence-electron chi connectivity index (χ3n) is 7.07. The van der Waals surface area contributed by atoms with E-state index in [-0.39, 0.29) is 12.0 Å². The SMILES string of the molecule is CNCC(O)COc1ccc(Cl)c(-c2nc(-c3c(C)noc3C)c(Cl)c(N3CC4(CCOCC4)C3)n2)c1. The lowest BCUT2D eigenvalue weighted by Crippen LogP contribution is -2.59. The van der Waals surface area contributed by atoms with E-state index in [4.69, 9.17) is 47.2 Å². The highest BCUT2D eigenvalue weighted by Gasteiger charge is 2.45. The predicted octanol–water partition coefficient (Wildman–Crippen LogP) is 4.30. The Morgan fingerprint density at radius 1 is 1.19 bits per heavy atom. The minimum atomic E-state index is -0.641. The lowest BCUT2D eigenvalue weighted by molar-refractivity contribution is -0.000445. The van der Waals surface area contributed by atoms with E-state index in [2.05, 4.69) is 15.4 Å². The normalized spacial score (nSPS) is 17.6. The first kappa shape index (κ1) is 26.2. The van der Waals surface area contributed by atoms with Gasteiger partial charge in [-0.1, -0.05) is 28.4 Å². The fraction of sp³-hybridized carbons (Fsp3) is 0.500. The van der Waals surface area contributed by atoms with Gasteiger partial charge in [-0.2, -0.15) is 0 Å². The van der Waals surface area contributed by atoms with E-state index in [1.54, 1.807) is 25.2 Å². The maximum atomic E-state index is 10.0. The molecule has 4 heterocycles. The van der Waals surface area contributed by atoms with E-state index in [0.29, 0.717) is 56.7 Å². The van der Waals surface area contributed by atoms with Crippen LogP contribution in [0.4, 0.5) is 5.82 Å². The summed E-state index contributed by atoms with van der Waals surface area (Å²) in [5, 5.41) is 18.0. The molecule has 2 aliphatic rings. The number of hydrogen-bond acceptors (Lipinski definition) is 9. The zero-order chi connectivity index (χ0) is 26.2. The van der Waals surface area contributed by atoms with E-state index >= 15 is 0 Å². The number of aliphatic hydroxyl groups is 1. The van der Waals surface area contributed by atoms with Gasteiger partial charge >= 0.3 is 0 Å². The quantitative estimate of drug-likeness (QED) is 0.426. The number of likely N-dealkylation sites (N-methyl/N-ethyl adjacent to an activating group) is 1. The number of nitrogens with zero attached hydrogens (tertiary/aromatic N) is 4. The molecule has 2 saturated heterocycles. The average Bonchev–Trinajstić information content (AvgIpc) is 3.20. The fourth-order valence-electron chi connectivity index (χ4n) is 5.04. The van der Waals surface area contributed by atoms with Gasteiger partial charge in [-0.05, 0) is 51.9 Å². The first-order valence-electron chi connectivity index (χ1n) is 12.4. The van der Waals surface area contributed by atoms with E-state index < -0.39 is 6.10 Å². The summed E-state index contributed by atoms with van der Waals surface area (Å²) in [6.07, 6.45) is 1.42. The minimum Gasteiger partial charge on any atom is -0.491 e. The van der Waals surface area contributed by atoms with Crippen molar-refractivity contribution in [3.63, 3.8) is 0 Å². The van der Waals surface area contributed by atoms with E-state index in [1.807, 2.05) is 13.8 Å². The summed E-state index contributed by atoms with van der Waals surface area (Å²) in [4.78, 5) is 11.9. The van der Waals surface area contributed by atoms with Gasteiger partial charge in [-0.15, -0.1) is 0 Å². The molecule has 0 bridgehead atoms. The van der Waals surface area contributed by atoms with E-state index in [0.717, 1.165) is 44.7 Å². The fourth-order valence-corrected chi connectivity index (χ4v) is 5.54. The smallest absolute Gasteiger partial charge is 0.163 e. The number of aryl methyl sites for hydroxylation is 2. The molecule has 0 amide bonds. The Kier molecular flexibility index (Phi) is 7.60. The predicted molar refractivity (Wildman–Crippen MR) is 143 cm³/mol. The Balaban J connectivity index is 1.54. The molecule has 0 radical (unpaired) electrons. The van der Waals surface area contributed by atoms with Crippen molar-refractivity contribution in [2.45, 2.75) is 32.8 Å². The Morgan fingerprint density at radius 2 is 1.95 bits per heavy atom. The van der Waals surface area contributed by atoms with Crippen molar-refractivity contribution in [3.8, 4) is 28.4 Å². The summed E-state index contributed by atoms with van der Waals surface area (Å²) >= 11 is 13.6. The highest BCUT2D eigenvalue weighted by Crippen LogP contribution is 2.46. The summed E-state index contributed by atoms with van der Waals surface area (Å²) in [5.41, 5.74) is 2.83. The largest absolute Gasteiger partial charge is 0.491 e. The first-order chi connectivity index (χ1) is 17.8. The second-order valence-corrected chi connectivity index (χ2v) is 10.7. The number of ether oxygens (including phenoxy) is 2. The molecule has 1 aromatic carbocycles. The van der Waals surface area contributed by atoms with Crippen LogP contribution in [0.25, 0.3) is 22.6 Å². The van der Waals surface area contributed by atoms with Gasteiger partial charge in [0.1, 0.15) is 34.9 Å². The molecule has 5 rings (SSSR count). The molecule has 2 aromatic heterocycles. The van der Waals surface area contributed by atoms with E-state index in [1.165, 1.54) is 0 Å². The number of halogens is 2. The maximum absolute atomic E-state index is 10.0. The molecule has 9 nitrogen and oxygen atoms in total. The zero-order valence-electron chi connectivity index (χ0n) is 21.2. The molecule has 0 aliphatic carbocycles. The highest BCUT2D eigenvalue weighted by atomic mass is 35.5. The maximum Gasteiger partial charge on any atom is 0.163 e. The van der Waals surface area contributed by atoms with Gasteiger partial charge in [0.25, 0.3) is 0 Å². The molecule has 1 spiro atoms. The summed E-state index contributed by atoms with van der Waals surface area (Å²) in [7, 11) is 1.78. The Labute approximate surface area is 226 Å². The van der Waals surface area contributed by atoms with Crippen molar-refractivity contribution in [2.24, 2.45) is 5.41 Å². The number of rotatable bonds is 8. The van der Waals surface area contributed by atoms with Gasteiger partial charge in [0.15, 0.2) is 11.6 Å². The lowest BCUT2D eigenvalue weighted by Gasteiger charge is -2.53. The molecule has 2 fully saturated rings. The van der Waals surface area contributed by atoms with Crippen molar-refractivity contribution in [2.75, 3.05) is 51.4 Å².